The molecule has 1 aliphatic rings. The van der Waals surface area contributed by atoms with Crippen LogP contribution >= 0.6 is 0 Å². The van der Waals surface area contributed by atoms with Crippen LogP contribution in [0.25, 0.3) is 0 Å². The molecule has 0 aromatic heterocycles. The predicted molar refractivity (Wildman–Crippen MR) is 109 cm³/mol. The Balaban J connectivity index is 1.65. The van der Waals surface area contributed by atoms with E-state index in [-0.39, 0.29) is 10.8 Å². The number of nitrogens with zero attached hydrogens (tertiary/aromatic N) is 2. The summed E-state index contributed by atoms with van der Waals surface area (Å²) in [5, 5.41) is 0. The van der Waals surface area contributed by atoms with E-state index in [4.69, 9.17) is 0 Å². The van der Waals surface area contributed by atoms with Gasteiger partial charge in [-0.15, -0.1) is 0 Å². The number of piperazine rings is 1. The van der Waals surface area contributed by atoms with Crippen molar-refractivity contribution in [2.24, 2.45) is 0 Å². The van der Waals surface area contributed by atoms with Gasteiger partial charge in [0.15, 0.2) is 0 Å². The van der Waals surface area contributed by atoms with Crippen molar-refractivity contribution in [1.29, 1.82) is 0 Å². The maximum atomic E-state index is 12.9. The number of sulfonamides is 1. The standard InChI is InChI=1S/C21H27N3O3S/c1-17-7-4-5-8-19(17)16-23-11-13-24(14-12-23)21(25)18-9-6-10-20(15-18)28(26,27)22(2)3/h4-10,15H,11-14,16H2,1-3H3/p+1. The van der Waals surface area contributed by atoms with Gasteiger partial charge in [0.2, 0.25) is 10.0 Å². The van der Waals surface area contributed by atoms with Gasteiger partial charge < -0.3 is 9.80 Å². The van der Waals surface area contributed by atoms with Crippen LogP contribution in [0.4, 0.5) is 0 Å². The first-order valence-corrected chi connectivity index (χ1v) is 10.9. The van der Waals surface area contributed by atoms with Gasteiger partial charge in [-0.3, -0.25) is 4.79 Å². The van der Waals surface area contributed by atoms with Crippen molar-refractivity contribution in [3.8, 4) is 0 Å². The quantitative estimate of drug-likeness (QED) is 0.804. The maximum absolute atomic E-state index is 12.9. The summed E-state index contributed by atoms with van der Waals surface area (Å²) in [5.74, 6) is -0.106. The van der Waals surface area contributed by atoms with Gasteiger partial charge in [-0.25, -0.2) is 12.7 Å². The van der Waals surface area contributed by atoms with Crippen LogP contribution in [0, 0.1) is 6.92 Å². The van der Waals surface area contributed by atoms with E-state index in [0.29, 0.717) is 18.7 Å². The number of benzene rings is 2. The van der Waals surface area contributed by atoms with Gasteiger partial charge in [-0.05, 0) is 30.7 Å². The van der Waals surface area contributed by atoms with E-state index >= 15 is 0 Å². The third-order valence-corrected chi connectivity index (χ3v) is 7.13. The van der Waals surface area contributed by atoms with Crippen LogP contribution in [0.15, 0.2) is 53.4 Å². The smallest absolute Gasteiger partial charge is 0.254 e. The second kappa shape index (κ2) is 8.43. The summed E-state index contributed by atoms with van der Waals surface area (Å²) < 4.78 is 25.8. The number of carbonyl (C=O) groups excluding carboxylic acids is 1. The molecule has 1 saturated heterocycles. The van der Waals surface area contributed by atoms with Gasteiger partial charge in [0.1, 0.15) is 6.54 Å². The summed E-state index contributed by atoms with van der Waals surface area (Å²) >= 11 is 0. The van der Waals surface area contributed by atoms with Gasteiger partial charge >= 0.3 is 0 Å². The Morgan fingerprint density at radius 2 is 1.75 bits per heavy atom. The van der Waals surface area contributed by atoms with Gasteiger partial charge in [-0.2, -0.15) is 0 Å². The van der Waals surface area contributed by atoms with Crippen LogP contribution in [-0.2, 0) is 16.6 Å². The topological polar surface area (TPSA) is 62.1 Å². The average Bonchev–Trinajstić information content (AvgIpc) is 2.70. The highest BCUT2D eigenvalue weighted by Crippen LogP contribution is 2.16. The Labute approximate surface area is 167 Å². The summed E-state index contributed by atoms with van der Waals surface area (Å²) in [4.78, 5) is 16.3. The van der Waals surface area contributed by atoms with Crippen molar-refractivity contribution in [2.75, 3.05) is 40.3 Å². The zero-order valence-corrected chi connectivity index (χ0v) is 17.5. The van der Waals surface area contributed by atoms with Gasteiger partial charge in [0, 0.05) is 25.2 Å². The second-order valence-corrected chi connectivity index (χ2v) is 9.61. The highest BCUT2D eigenvalue weighted by atomic mass is 32.2. The number of amides is 1. The van der Waals surface area contributed by atoms with E-state index in [0.717, 1.165) is 23.9 Å². The zero-order valence-electron chi connectivity index (χ0n) is 16.7. The largest absolute Gasteiger partial charge is 0.328 e. The number of nitrogens with one attached hydrogen (secondary N) is 1. The number of hydrogen-bond acceptors (Lipinski definition) is 3. The van der Waals surface area contributed by atoms with Gasteiger partial charge in [0.05, 0.1) is 31.1 Å². The molecule has 2 aromatic carbocycles. The molecule has 150 valence electrons. The molecule has 1 N–H and O–H groups in total. The third kappa shape index (κ3) is 4.43. The first-order valence-electron chi connectivity index (χ1n) is 9.49. The lowest BCUT2D eigenvalue weighted by Gasteiger charge is -2.32. The van der Waals surface area contributed by atoms with E-state index in [2.05, 4.69) is 31.2 Å². The minimum atomic E-state index is -3.55. The molecule has 0 unspecified atom stereocenters. The molecule has 0 radical (unpaired) electrons. The molecule has 6 nitrogen and oxygen atoms in total. The first-order chi connectivity index (χ1) is 13.3. The molecule has 3 rings (SSSR count). The fourth-order valence-electron chi connectivity index (χ4n) is 3.46. The molecule has 0 bridgehead atoms. The minimum Gasteiger partial charge on any atom is -0.328 e. The molecule has 0 saturated carbocycles. The Morgan fingerprint density at radius 3 is 2.39 bits per heavy atom. The molecule has 1 heterocycles. The molecule has 1 aliphatic heterocycles. The summed E-state index contributed by atoms with van der Waals surface area (Å²) in [6, 6.07) is 14.7. The van der Waals surface area contributed by atoms with Crippen molar-refractivity contribution in [2.45, 2.75) is 18.4 Å². The van der Waals surface area contributed by atoms with Crippen LogP contribution in [-0.4, -0.2) is 63.8 Å². The highest BCUT2D eigenvalue weighted by Gasteiger charge is 2.26. The third-order valence-electron chi connectivity index (χ3n) is 5.32. The lowest BCUT2D eigenvalue weighted by Crippen LogP contribution is -3.13. The number of rotatable bonds is 5. The van der Waals surface area contributed by atoms with E-state index < -0.39 is 10.0 Å². The predicted octanol–water partition coefficient (Wildman–Crippen LogP) is 0.786. The van der Waals surface area contributed by atoms with Crippen LogP contribution in [0.3, 0.4) is 0 Å². The monoisotopic (exact) mass is 402 g/mol. The Bertz CT molecular complexity index is 949. The van der Waals surface area contributed by atoms with Gasteiger partial charge in [-0.1, -0.05) is 30.3 Å². The number of hydrogen-bond donors (Lipinski definition) is 1. The van der Waals surface area contributed by atoms with Crippen LogP contribution in [0.2, 0.25) is 0 Å². The Hall–Kier alpha value is -2.22. The zero-order chi connectivity index (χ0) is 20.3. The fourth-order valence-corrected chi connectivity index (χ4v) is 4.41. The maximum Gasteiger partial charge on any atom is 0.254 e. The molecular formula is C21H28N3O3S+. The van der Waals surface area contributed by atoms with E-state index in [1.807, 2.05) is 4.90 Å². The average molecular weight is 403 g/mol. The SMILES string of the molecule is Cc1ccccc1C[NH+]1CCN(C(=O)c2cccc(S(=O)(=O)N(C)C)c2)CC1. The highest BCUT2D eigenvalue weighted by molar-refractivity contribution is 7.89. The normalized spacial score (nSPS) is 15.8. The minimum absolute atomic E-state index is 0.106. The molecule has 2 aromatic rings. The summed E-state index contributed by atoms with van der Waals surface area (Å²) in [6.07, 6.45) is 0. The van der Waals surface area contributed by atoms with Crippen molar-refractivity contribution < 1.29 is 18.1 Å². The molecule has 7 heteroatoms. The Morgan fingerprint density at radius 1 is 1.07 bits per heavy atom. The second-order valence-electron chi connectivity index (χ2n) is 7.46. The molecule has 0 atom stereocenters. The van der Waals surface area contributed by atoms with E-state index in [1.54, 1.807) is 12.1 Å². The molecule has 1 fully saturated rings. The molecule has 0 aliphatic carbocycles. The summed E-state index contributed by atoms with van der Waals surface area (Å²) in [6.45, 7) is 6.20. The lowest BCUT2D eigenvalue weighted by atomic mass is 10.1. The molecule has 28 heavy (non-hydrogen) atoms. The first kappa shape index (κ1) is 20.5. The van der Waals surface area contributed by atoms with Crippen molar-refractivity contribution in [1.82, 2.24) is 9.21 Å². The summed E-state index contributed by atoms with van der Waals surface area (Å²) in [5.41, 5.74) is 3.07. The van der Waals surface area contributed by atoms with Crippen LogP contribution < -0.4 is 4.90 Å². The molecule has 1 amide bonds. The van der Waals surface area contributed by atoms with Crippen molar-refractivity contribution >= 4 is 15.9 Å². The lowest BCUT2D eigenvalue weighted by molar-refractivity contribution is -0.917. The number of aryl methyl sites for hydroxylation is 1. The van der Waals surface area contributed by atoms with E-state index in [1.165, 1.54) is 42.3 Å². The van der Waals surface area contributed by atoms with Gasteiger partial charge in [0.25, 0.3) is 5.91 Å². The van der Waals surface area contributed by atoms with E-state index in [9.17, 15) is 13.2 Å². The van der Waals surface area contributed by atoms with Crippen LogP contribution in [0.5, 0.6) is 0 Å². The summed E-state index contributed by atoms with van der Waals surface area (Å²) in [7, 11) is -0.580. The van der Waals surface area contributed by atoms with Crippen LogP contribution in [0.1, 0.15) is 21.5 Å². The van der Waals surface area contributed by atoms with Crippen molar-refractivity contribution in [3.63, 3.8) is 0 Å². The fraction of sp³-hybridized carbons (Fsp3) is 0.381. The van der Waals surface area contributed by atoms with Crippen molar-refractivity contribution in [3.05, 3.63) is 65.2 Å². The number of carbonyl (C=O) groups is 1. The molecule has 0 spiro atoms. The number of quaternary nitrogens is 1. The molecular weight excluding hydrogens is 374 g/mol. The Kier molecular flexibility index (Phi) is 6.17.